The number of nitrogens with two attached hydrogens (primary N) is 1. The molecule has 4 aliphatic rings. The Morgan fingerprint density at radius 1 is 1.21 bits per heavy atom. The van der Waals surface area contributed by atoms with Gasteiger partial charge in [0.1, 0.15) is 23.8 Å². The maximum Gasteiger partial charge on any atom is 0.418 e. The van der Waals surface area contributed by atoms with E-state index in [0.717, 1.165) is 18.9 Å². The van der Waals surface area contributed by atoms with Crippen LogP contribution >= 0.6 is 11.6 Å². The zero-order valence-corrected chi connectivity index (χ0v) is 26.6. The number of nitrogens with one attached hydrogen (secondary N) is 1. The molecule has 47 heavy (non-hydrogen) atoms. The van der Waals surface area contributed by atoms with Gasteiger partial charge < -0.3 is 20.7 Å². The first-order valence-electron chi connectivity index (χ1n) is 15.2. The van der Waals surface area contributed by atoms with E-state index in [4.69, 9.17) is 27.1 Å². The van der Waals surface area contributed by atoms with Gasteiger partial charge in [0.05, 0.1) is 32.8 Å². The van der Waals surface area contributed by atoms with E-state index in [0.29, 0.717) is 24.4 Å². The van der Waals surface area contributed by atoms with Gasteiger partial charge in [-0.3, -0.25) is 4.90 Å². The molecule has 2 aromatic heterocycles. The smallest absolute Gasteiger partial charge is 0.418 e. The van der Waals surface area contributed by atoms with Crippen molar-refractivity contribution in [1.82, 2.24) is 25.2 Å². The number of pyridine rings is 1. The minimum Gasteiger partial charge on any atom is -0.461 e. The third-order valence-electron chi connectivity index (χ3n) is 10.1. The summed E-state index contributed by atoms with van der Waals surface area (Å²) in [7, 11) is 1.69. The van der Waals surface area contributed by atoms with Crippen molar-refractivity contribution in [2.45, 2.75) is 69.4 Å². The molecule has 3 fully saturated rings. The van der Waals surface area contributed by atoms with Gasteiger partial charge in [-0.15, -0.1) is 0 Å². The number of likely N-dealkylation sites (N-methyl/N-ethyl adjacent to an activating group) is 1. The zero-order valence-electron chi connectivity index (χ0n) is 25.8. The van der Waals surface area contributed by atoms with Crippen molar-refractivity contribution in [3.05, 3.63) is 51.8 Å². The first-order valence-corrected chi connectivity index (χ1v) is 15.6. The molecule has 1 aromatic carbocycles. The van der Waals surface area contributed by atoms with Crippen molar-refractivity contribution in [3.8, 4) is 17.3 Å². The van der Waals surface area contributed by atoms with Crippen LogP contribution in [-0.2, 0) is 6.18 Å². The highest BCUT2D eigenvalue weighted by molar-refractivity contribution is 6.37. The van der Waals surface area contributed by atoms with Crippen LogP contribution in [0.4, 0.5) is 38.0 Å². The Morgan fingerprint density at radius 2 is 1.96 bits per heavy atom. The molecule has 15 heteroatoms. The largest absolute Gasteiger partial charge is 0.461 e. The van der Waals surface area contributed by atoms with Crippen molar-refractivity contribution in [3.63, 3.8) is 0 Å². The van der Waals surface area contributed by atoms with Crippen LogP contribution in [0.5, 0.6) is 6.01 Å². The maximum absolute atomic E-state index is 17.0. The van der Waals surface area contributed by atoms with Gasteiger partial charge in [-0.1, -0.05) is 18.2 Å². The van der Waals surface area contributed by atoms with E-state index in [-0.39, 0.29) is 82.2 Å². The van der Waals surface area contributed by atoms with Gasteiger partial charge in [0.15, 0.2) is 5.82 Å². The second-order valence-electron chi connectivity index (χ2n) is 13.3. The number of likely N-dealkylation sites (tertiary alicyclic amines) is 1. The van der Waals surface area contributed by atoms with E-state index in [1.165, 1.54) is 6.92 Å². The molecule has 0 aliphatic carbocycles. The van der Waals surface area contributed by atoms with Gasteiger partial charge in [0, 0.05) is 42.4 Å². The number of aromatic nitrogens is 3. The van der Waals surface area contributed by atoms with Gasteiger partial charge in [0.25, 0.3) is 6.08 Å². The lowest BCUT2D eigenvalue weighted by molar-refractivity contribution is -0.137. The molecule has 3 N–H and O–H groups in total. The fourth-order valence-electron chi connectivity index (χ4n) is 7.69. The minimum absolute atomic E-state index is 0.0115. The first-order chi connectivity index (χ1) is 22.1. The monoisotopic (exact) mass is 679 g/mol. The van der Waals surface area contributed by atoms with Crippen LogP contribution in [0.3, 0.4) is 0 Å². The predicted octanol–water partition coefficient (Wildman–Crippen LogP) is 6.74. The number of benzene rings is 1. The Balaban J connectivity index is 1.46. The molecule has 250 valence electrons. The second kappa shape index (κ2) is 11.0. The molecule has 0 spiro atoms. The fourth-order valence-corrected chi connectivity index (χ4v) is 8.09. The Labute approximate surface area is 271 Å². The summed E-state index contributed by atoms with van der Waals surface area (Å²) in [6.07, 6.45) is -4.44. The van der Waals surface area contributed by atoms with E-state index < -0.39 is 40.4 Å². The summed E-state index contributed by atoms with van der Waals surface area (Å²) in [6.45, 7) is 7.70. The number of piperazine rings is 1. The first kappa shape index (κ1) is 32.0. The van der Waals surface area contributed by atoms with Gasteiger partial charge >= 0.3 is 12.2 Å². The number of nitrogens with zero attached hydrogens (tertiary/aromatic N) is 5. The summed E-state index contributed by atoms with van der Waals surface area (Å²) in [6, 6.07) is 0.845. The number of hydrogen-bond donors (Lipinski definition) is 2. The number of nitrogen functional groups attached to an aromatic ring is 1. The van der Waals surface area contributed by atoms with Gasteiger partial charge in [-0.05, 0) is 63.8 Å². The number of aryl methyl sites for hydroxylation is 1. The average Bonchev–Trinajstić information content (AvgIpc) is 3.48. The van der Waals surface area contributed by atoms with Crippen molar-refractivity contribution in [2.75, 3.05) is 37.4 Å². The number of ether oxygens (including phenoxy) is 1. The molecule has 2 bridgehead atoms. The molecule has 0 amide bonds. The molecule has 8 nitrogen and oxygen atoms in total. The van der Waals surface area contributed by atoms with Crippen molar-refractivity contribution >= 4 is 39.7 Å². The minimum atomic E-state index is -4.91. The number of fused-ring (bicyclic) bond motifs is 5. The third-order valence-corrected chi connectivity index (χ3v) is 10.5. The molecule has 4 atom stereocenters. The zero-order chi connectivity index (χ0) is 33.7. The standard InChI is InChI=1S/C32H32ClF6N7O/c1-13-7-18-17-6-5-16(41-17)11-46(18)29-21-20(13)24(33)22(26-23(32(37,38)39)14(2)8-19(40)42-26)25(34)27(21)43-30(44-29)47-12-31(3)9-15(28(35)36)10-45(31)4/h8,16-18,41H,1,5-7,9-12H2,2-4H3,(H2,40,42)/t16-,17+,18+,31+/m1/s1. The summed E-state index contributed by atoms with van der Waals surface area (Å²) >= 11 is 6.92. The topological polar surface area (TPSA) is 92.4 Å². The second-order valence-corrected chi connectivity index (χ2v) is 13.7. The summed E-state index contributed by atoms with van der Waals surface area (Å²) in [5.74, 6) is -1.07. The average molecular weight is 680 g/mol. The van der Waals surface area contributed by atoms with Gasteiger partial charge in [0.2, 0.25) is 0 Å². The molecule has 3 aromatic rings. The molecule has 0 unspecified atom stereocenters. The highest BCUT2D eigenvalue weighted by Gasteiger charge is 2.46. The van der Waals surface area contributed by atoms with Crippen molar-refractivity contribution < 1.29 is 31.1 Å². The van der Waals surface area contributed by atoms with E-state index >= 15 is 4.39 Å². The highest BCUT2D eigenvalue weighted by Crippen LogP contribution is 2.51. The van der Waals surface area contributed by atoms with Crippen LogP contribution in [0.15, 0.2) is 24.3 Å². The van der Waals surface area contributed by atoms with E-state index in [9.17, 15) is 22.0 Å². The number of alkyl halides is 3. The molecular weight excluding hydrogens is 648 g/mol. The van der Waals surface area contributed by atoms with Crippen molar-refractivity contribution in [1.29, 1.82) is 0 Å². The van der Waals surface area contributed by atoms with Crippen LogP contribution in [0.2, 0.25) is 5.02 Å². The SMILES string of the molecule is C=C1C[C@H]2[C@@H]3CC[C@H](CN2c2nc(OC[C@]4(C)CC(=C(F)F)CN4C)nc4c(F)c(-c5nc(N)cc(C)c5C(F)(F)F)c(Cl)c1c24)N3. The summed E-state index contributed by atoms with van der Waals surface area (Å²) in [5, 5.41) is 3.52. The molecular formula is C32H32ClF6N7O. The molecule has 7 rings (SSSR count). The van der Waals surface area contributed by atoms with Crippen LogP contribution in [0, 0.1) is 12.7 Å². The van der Waals surface area contributed by atoms with Crippen molar-refractivity contribution in [2.24, 2.45) is 0 Å². The molecule has 3 saturated heterocycles. The molecule has 4 aliphatic heterocycles. The number of anilines is 2. The van der Waals surface area contributed by atoms with Crippen LogP contribution in [0.1, 0.15) is 49.3 Å². The van der Waals surface area contributed by atoms with E-state index in [1.807, 2.05) is 0 Å². The molecule has 0 radical (unpaired) electrons. The van der Waals surface area contributed by atoms with Gasteiger partial charge in [-0.2, -0.15) is 31.9 Å². The summed E-state index contributed by atoms with van der Waals surface area (Å²) in [5.41, 5.74) is 2.64. The third kappa shape index (κ3) is 5.10. The Hall–Kier alpha value is -3.62. The predicted molar refractivity (Wildman–Crippen MR) is 167 cm³/mol. The molecule has 0 saturated carbocycles. The van der Waals surface area contributed by atoms with Crippen LogP contribution < -0.4 is 20.7 Å². The van der Waals surface area contributed by atoms with E-state index in [2.05, 4.69) is 26.8 Å². The lowest BCUT2D eigenvalue weighted by Gasteiger charge is -2.41. The quantitative estimate of drug-likeness (QED) is 0.293. The summed E-state index contributed by atoms with van der Waals surface area (Å²) in [4.78, 5) is 16.9. The maximum atomic E-state index is 17.0. The number of hydrogen-bond acceptors (Lipinski definition) is 8. The Morgan fingerprint density at radius 3 is 2.64 bits per heavy atom. The summed E-state index contributed by atoms with van der Waals surface area (Å²) < 4.78 is 93.4. The highest BCUT2D eigenvalue weighted by atomic mass is 35.5. The molecule has 6 heterocycles. The van der Waals surface area contributed by atoms with Crippen LogP contribution in [0.25, 0.3) is 27.7 Å². The lowest BCUT2D eigenvalue weighted by Crippen LogP contribution is -2.58. The lowest BCUT2D eigenvalue weighted by atomic mass is 9.91. The van der Waals surface area contributed by atoms with Crippen LogP contribution in [-0.4, -0.2) is 70.3 Å². The fraction of sp³-hybridized carbons (Fsp3) is 0.469. The van der Waals surface area contributed by atoms with Gasteiger partial charge in [-0.25, -0.2) is 9.37 Å². The normalized spacial score (nSPS) is 25.8. The Kier molecular flexibility index (Phi) is 7.45. The Bertz CT molecular complexity index is 1880. The van der Waals surface area contributed by atoms with E-state index in [1.54, 1.807) is 18.9 Å². The number of halogens is 7. The number of rotatable bonds is 4.